The molecule has 1 heterocycles. The largest absolute Gasteiger partial charge is 0.500 e. The van der Waals surface area contributed by atoms with Crippen LogP contribution in [0.2, 0.25) is 6.04 Å². The predicted octanol–water partition coefficient (Wildman–Crippen LogP) is 3.83. The third-order valence-electron chi connectivity index (χ3n) is 4.09. The lowest BCUT2D eigenvalue weighted by molar-refractivity contribution is 0.122. The average Bonchev–Trinajstić information content (AvgIpc) is 2.58. The van der Waals surface area contributed by atoms with E-state index in [1.165, 1.54) is 16.3 Å². The molecule has 4 nitrogen and oxygen atoms in total. The molecule has 2 rings (SSSR count). The molecule has 1 aromatic heterocycles. The average molecular weight is 319 g/mol. The molecule has 0 unspecified atom stereocenters. The fourth-order valence-corrected chi connectivity index (χ4v) is 4.49. The highest BCUT2D eigenvalue weighted by atomic mass is 28.4. The second-order valence-corrected chi connectivity index (χ2v) is 8.50. The number of hydrogen-bond donors (Lipinski definition) is 0. The topological polar surface area (TPSA) is 40.6 Å². The van der Waals surface area contributed by atoms with Crippen molar-refractivity contribution in [2.75, 3.05) is 21.3 Å². The van der Waals surface area contributed by atoms with Crippen LogP contribution in [-0.4, -0.2) is 35.1 Å². The normalized spacial score (nSPS) is 12.0. The van der Waals surface area contributed by atoms with Gasteiger partial charge in [-0.3, -0.25) is 4.98 Å². The van der Waals surface area contributed by atoms with Gasteiger partial charge in [0.25, 0.3) is 0 Å². The van der Waals surface area contributed by atoms with Crippen molar-refractivity contribution in [2.24, 2.45) is 0 Å². The Morgan fingerprint density at radius 3 is 2.41 bits per heavy atom. The van der Waals surface area contributed by atoms with Gasteiger partial charge in [0.2, 0.25) is 0 Å². The van der Waals surface area contributed by atoms with E-state index in [4.69, 9.17) is 13.3 Å². The third kappa shape index (κ3) is 4.36. The van der Waals surface area contributed by atoms with Crippen LogP contribution in [-0.2, 0) is 19.7 Å². The van der Waals surface area contributed by atoms with Gasteiger partial charge in [-0.1, -0.05) is 18.6 Å². The summed E-state index contributed by atoms with van der Waals surface area (Å²) in [7, 11) is 2.62. The molecule has 0 bridgehead atoms. The fraction of sp³-hybridized carbons (Fsp3) is 0.471. The Bertz CT molecular complexity index is 579. The van der Waals surface area contributed by atoms with E-state index >= 15 is 0 Å². The Hall–Kier alpha value is -1.27. The van der Waals surface area contributed by atoms with E-state index in [2.05, 4.69) is 23.2 Å². The van der Waals surface area contributed by atoms with Gasteiger partial charge >= 0.3 is 8.80 Å². The Morgan fingerprint density at radius 2 is 1.68 bits per heavy atom. The Kier molecular flexibility index (Phi) is 6.51. The third-order valence-corrected chi connectivity index (χ3v) is 6.92. The molecule has 0 amide bonds. The standard InChI is InChI=1S/C17H25NO3Si/c1-19-22(20-2,21-3)12-6-4-5-7-15-8-9-16-10-11-18-14-17(16)13-15/h8-11,13-14H,4-7,12H2,1-3H3. The monoisotopic (exact) mass is 319 g/mol. The summed E-state index contributed by atoms with van der Waals surface area (Å²) in [6.07, 6.45) is 8.22. The van der Waals surface area contributed by atoms with Crippen molar-refractivity contribution in [3.8, 4) is 0 Å². The van der Waals surface area contributed by atoms with Crippen LogP contribution in [0.25, 0.3) is 10.8 Å². The molecule has 0 atom stereocenters. The highest BCUT2D eigenvalue weighted by Gasteiger charge is 2.36. The maximum Gasteiger partial charge on any atom is 0.500 e. The van der Waals surface area contributed by atoms with Gasteiger partial charge in [0.1, 0.15) is 0 Å². The molecular formula is C17H25NO3Si. The van der Waals surface area contributed by atoms with Crippen LogP contribution in [0, 0.1) is 0 Å². The predicted molar refractivity (Wildman–Crippen MR) is 90.9 cm³/mol. The van der Waals surface area contributed by atoms with Crippen LogP contribution in [0.1, 0.15) is 24.8 Å². The van der Waals surface area contributed by atoms with Crippen LogP contribution in [0.3, 0.4) is 0 Å². The molecule has 0 N–H and O–H groups in total. The van der Waals surface area contributed by atoms with E-state index in [0.29, 0.717) is 0 Å². The molecule has 0 aliphatic rings. The first-order valence-electron chi connectivity index (χ1n) is 7.71. The minimum atomic E-state index is -2.39. The molecule has 2 aromatic rings. The summed E-state index contributed by atoms with van der Waals surface area (Å²) >= 11 is 0. The zero-order chi connectivity index (χ0) is 15.8. The summed E-state index contributed by atoms with van der Waals surface area (Å²) in [6, 6.07) is 9.54. The Labute approximate surface area is 133 Å². The lowest BCUT2D eigenvalue weighted by Gasteiger charge is -2.24. The fourth-order valence-electron chi connectivity index (χ4n) is 2.69. The summed E-state index contributed by atoms with van der Waals surface area (Å²) < 4.78 is 16.3. The second kappa shape index (κ2) is 8.38. The van der Waals surface area contributed by atoms with Crippen molar-refractivity contribution in [3.63, 3.8) is 0 Å². The van der Waals surface area contributed by atoms with E-state index < -0.39 is 8.80 Å². The number of aromatic nitrogens is 1. The lowest BCUT2D eigenvalue weighted by Crippen LogP contribution is -2.42. The van der Waals surface area contributed by atoms with Crippen molar-refractivity contribution in [2.45, 2.75) is 31.7 Å². The number of nitrogens with zero attached hydrogens (tertiary/aromatic N) is 1. The molecule has 0 saturated carbocycles. The van der Waals surface area contributed by atoms with E-state index in [9.17, 15) is 0 Å². The molecule has 0 fully saturated rings. The molecule has 5 heteroatoms. The van der Waals surface area contributed by atoms with Crippen LogP contribution < -0.4 is 0 Å². The zero-order valence-electron chi connectivity index (χ0n) is 13.7. The van der Waals surface area contributed by atoms with Gasteiger partial charge in [0.05, 0.1) is 0 Å². The highest BCUT2D eigenvalue weighted by Crippen LogP contribution is 2.19. The smallest absolute Gasteiger partial charge is 0.377 e. The summed E-state index contributed by atoms with van der Waals surface area (Å²) in [6.45, 7) is 0. The number of unbranched alkanes of at least 4 members (excludes halogenated alkanes) is 2. The number of rotatable bonds is 9. The molecule has 0 aliphatic heterocycles. The highest BCUT2D eigenvalue weighted by molar-refractivity contribution is 6.60. The first-order valence-corrected chi connectivity index (χ1v) is 9.64. The molecule has 0 radical (unpaired) electrons. The molecule has 120 valence electrons. The molecular weight excluding hydrogens is 294 g/mol. The van der Waals surface area contributed by atoms with E-state index in [0.717, 1.165) is 31.7 Å². The van der Waals surface area contributed by atoms with Crippen molar-refractivity contribution >= 4 is 19.6 Å². The molecule has 0 saturated heterocycles. The van der Waals surface area contributed by atoms with Crippen molar-refractivity contribution in [1.82, 2.24) is 4.98 Å². The van der Waals surface area contributed by atoms with Gasteiger partial charge in [-0.2, -0.15) is 0 Å². The van der Waals surface area contributed by atoms with Crippen LogP contribution in [0.15, 0.2) is 36.7 Å². The SMILES string of the molecule is CO[Si](CCCCCc1ccc2ccncc2c1)(OC)OC. The zero-order valence-corrected chi connectivity index (χ0v) is 14.7. The van der Waals surface area contributed by atoms with Crippen LogP contribution in [0.4, 0.5) is 0 Å². The van der Waals surface area contributed by atoms with Gasteiger partial charge in [0, 0.05) is 45.2 Å². The minimum Gasteiger partial charge on any atom is -0.377 e. The Morgan fingerprint density at radius 1 is 0.909 bits per heavy atom. The van der Waals surface area contributed by atoms with Crippen molar-refractivity contribution in [1.29, 1.82) is 0 Å². The van der Waals surface area contributed by atoms with Crippen molar-refractivity contribution in [3.05, 3.63) is 42.2 Å². The van der Waals surface area contributed by atoms with E-state index in [1.807, 2.05) is 18.5 Å². The second-order valence-electron chi connectivity index (χ2n) is 5.41. The van der Waals surface area contributed by atoms with E-state index in [-0.39, 0.29) is 0 Å². The number of hydrogen-bond acceptors (Lipinski definition) is 4. The summed E-state index contributed by atoms with van der Waals surface area (Å²) in [4.78, 5) is 4.18. The van der Waals surface area contributed by atoms with E-state index in [1.54, 1.807) is 21.3 Å². The number of aryl methyl sites for hydroxylation is 1. The van der Waals surface area contributed by atoms with Gasteiger partial charge < -0.3 is 13.3 Å². The lowest BCUT2D eigenvalue weighted by atomic mass is 10.0. The summed E-state index contributed by atoms with van der Waals surface area (Å²) in [5.41, 5.74) is 1.37. The number of fused-ring (bicyclic) bond motifs is 1. The first kappa shape index (κ1) is 17.1. The van der Waals surface area contributed by atoms with Gasteiger partial charge in [-0.05, 0) is 42.3 Å². The molecule has 0 spiro atoms. The first-order chi connectivity index (χ1) is 10.7. The quantitative estimate of drug-likeness (QED) is 0.520. The molecule has 22 heavy (non-hydrogen) atoms. The maximum absolute atomic E-state index is 5.44. The minimum absolute atomic E-state index is 0.873. The molecule has 1 aromatic carbocycles. The van der Waals surface area contributed by atoms with Gasteiger partial charge in [-0.15, -0.1) is 0 Å². The number of pyridine rings is 1. The summed E-state index contributed by atoms with van der Waals surface area (Å²) in [5.74, 6) is 0. The van der Waals surface area contributed by atoms with Gasteiger partial charge in [-0.25, -0.2) is 0 Å². The maximum atomic E-state index is 5.44. The molecule has 0 aliphatic carbocycles. The van der Waals surface area contributed by atoms with Crippen LogP contribution in [0.5, 0.6) is 0 Å². The summed E-state index contributed by atoms with van der Waals surface area (Å²) in [5, 5.41) is 2.46. The van der Waals surface area contributed by atoms with Crippen LogP contribution >= 0.6 is 0 Å². The number of benzene rings is 1. The van der Waals surface area contributed by atoms with Crippen molar-refractivity contribution < 1.29 is 13.3 Å². The van der Waals surface area contributed by atoms with Gasteiger partial charge in [0.15, 0.2) is 0 Å². The Balaban J connectivity index is 1.78.